The summed E-state index contributed by atoms with van der Waals surface area (Å²) in [4.78, 5) is 23.1. The van der Waals surface area contributed by atoms with Gasteiger partial charge >= 0.3 is 0 Å². The molecular formula is C15H21N3O3. The Bertz CT molecular complexity index is 481. The van der Waals surface area contributed by atoms with Gasteiger partial charge in [0, 0.05) is 12.7 Å². The van der Waals surface area contributed by atoms with Crippen LogP contribution in [0.5, 0.6) is 5.75 Å². The fourth-order valence-electron chi connectivity index (χ4n) is 2.16. The fourth-order valence-corrected chi connectivity index (χ4v) is 2.16. The number of carbonyl (C=O) groups excluding carboxylic acids is 2. The van der Waals surface area contributed by atoms with E-state index in [-0.39, 0.29) is 24.5 Å². The van der Waals surface area contributed by atoms with Gasteiger partial charge in [0.2, 0.25) is 5.91 Å². The van der Waals surface area contributed by atoms with Crippen molar-refractivity contribution in [2.45, 2.75) is 25.3 Å². The van der Waals surface area contributed by atoms with Crippen molar-refractivity contribution in [2.24, 2.45) is 0 Å². The average Bonchev–Trinajstić information content (AvgIpc) is 2.54. The molecular weight excluding hydrogens is 270 g/mol. The number of anilines is 1. The first-order valence-electron chi connectivity index (χ1n) is 7.17. The van der Waals surface area contributed by atoms with E-state index in [2.05, 4.69) is 16.0 Å². The highest BCUT2D eigenvalue weighted by atomic mass is 16.5. The van der Waals surface area contributed by atoms with Gasteiger partial charge in [-0.1, -0.05) is 6.42 Å². The third-order valence-electron chi connectivity index (χ3n) is 3.40. The summed E-state index contributed by atoms with van der Waals surface area (Å²) in [5.41, 5.74) is 0.722. The van der Waals surface area contributed by atoms with Crippen LogP contribution in [0.15, 0.2) is 24.3 Å². The summed E-state index contributed by atoms with van der Waals surface area (Å²) in [5, 5.41) is 8.57. The summed E-state index contributed by atoms with van der Waals surface area (Å²) < 4.78 is 5.30. The minimum atomic E-state index is -0.184. The van der Waals surface area contributed by atoms with E-state index in [4.69, 9.17) is 4.74 Å². The molecule has 3 N–H and O–H groups in total. The Labute approximate surface area is 124 Å². The van der Waals surface area contributed by atoms with Crippen molar-refractivity contribution < 1.29 is 14.3 Å². The van der Waals surface area contributed by atoms with Crippen molar-refractivity contribution in [1.82, 2.24) is 10.6 Å². The van der Waals surface area contributed by atoms with E-state index in [1.807, 2.05) is 0 Å². The Morgan fingerprint density at radius 1 is 1.29 bits per heavy atom. The maximum atomic E-state index is 12.0. The zero-order valence-corrected chi connectivity index (χ0v) is 12.1. The molecule has 0 radical (unpaired) electrons. The molecule has 0 saturated carbocycles. The molecule has 6 nitrogen and oxygen atoms in total. The molecule has 1 unspecified atom stereocenters. The molecule has 1 aliphatic rings. The lowest BCUT2D eigenvalue weighted by atomic mass is 10.0. The Morgan fingerprint density at radius 3 is 2.67 bits per heavy atom. The van der Waals surface area contributed by atoms with Crippen molar-refractivity contribution in [3.05, 3.63) is 24.3 Å². The summed E-state index contributed by atoms with van der Waals surface area (Å²) in [6.45, 7) is 0.874. The SMILES string of the molecule is CNC(=O)COc1ccc(NC(=O)C2CCCCN2)cc1. The molecule has 1 aromatic rings. The first-order chi connectivity index (χ1) is 10.2. The van der Waals surface area contributed by atoms with Gasteiger partial charge in [0.25, 0.3) is 5.91 Å². The minimum absolute atomic E-state index is 0.00581. The van der Waals surface area contributed by atoms with Crippen LogP contribution in [-0.2, 0) is 9.59 Å². The summed E-state index contributed by atoms with van der Waals surface area (Å²) in [6, 6.07) is 6.88. The van der Waals surface area contributed by atoms with Crippen molar-refractivity contribution in [2.75, 3.05) is 25.5 Å². The van der Waals surface area contributed by atoms with Crippen LogP contribution >= 0.6 is 0 Å². The van der Waals surface area contributed by atoms with Crippen LogP contribution in [0, 0.1) is 0 Å². The van der Waals surface area contributed by atoms with E-state index in [0.29, 0.717) is 5.75 Å². The van der Waals surface area contributed by atoms with Gasteiger partial charge < -0.3 is 20.7 Å². The van der Waals surface area contributed by atoms with Crippen molar-refractivity contribution >= 4 is 17.5 Å². The molecule has 0 spiro atoms. The Kier molecular flexibility index (Phi) is 5.57. The van der Waals surface area contributed by atoms with Crippen LogP contribution in [0.2, 0.25) is 0 Å². The number of likely N-dealkylation sites (N-methyl/N-ethyl adjacent to an activating group) is 1. The topological polar surface area (TPSA) is 79.5 Å². The van der Waals surface area contributed by atoms with Crippen molar-refractivity contribution in [1.29, 1.82) is 0 Å². The van der Waals surface area contributed by atoms with Gasteiger partial charge in [-0.15, -0.1) is 0 Å². The van der Waals surface area contributed by atoms with Gasteiger partial charge in [-0.2, -0.15) is 0 Å². The van der Waals surface area contributed by atoms with Gasteiger partial charge in [0.15, 0.2) is 6.61 Å². The monoisotopic (exact) mass is 291 g/mol. The smallest absolute Gasteiger partial charge is 0.257 e. The number of piperidine rings is 1. The van der Waals surface area contributed by atoms with E-state index < -0.39 is 0 Å². The molecule has 114 valence electrons. The summed E-state index contributed by atoms with van der Waals surface area (Å²) in [6.07, 6.45) is 3.08. The molecule has 1 saturated heterocycles. The zero-order valence-electron chi connectivity index (χ0n) is 12.1. The van der Waals surface area contributed by atoms with Crippen LogP contribution in [0.4, 0.5) is 5.69 Å². The second kappa shape index (κ2) is 7.64. The molecule has 2 rings (SSSR count). The third kappa shape index (κ3) is 4.75. The van der Waals surface area contributed by atoms with Crippen LogP contribution in [-0.4, -0.2) is 38.1 Å². The van der Waals surface area contributed by atoms with Crippen LogP contribution in [0.25, 0.3) is 0 Å². The van der Waals surface area contributed by atoms with E-state index in [9.17, 15) is 9.59 Å². The van der Waals surface area contributed by atoms with Crippen LogP contribution < -0.4 is 20.7 Å². The molecule has 1 fully saturated rings. The van der Waals surface area contributed by atoms with E-state index in [1.165, 1.54) is 0 Å². The summed E-state index contributed by atoms with van der Waals surface area (Å²) in [5.74, 6) is 0.400. The van der Waals surface area contributed by atoms with Gasteiger partial charge in [0.1, 0.15) is 5.75 Å². The predicted octanol–water partition coefficient (Wildman–Crippen LogP) is 0.892. The number of hydrogen-bond acceptors (Lipinski definition) is 4. The Hall–Kier alpha value is -2.08. The second-order valence-corrected chi connectivity index (χ2v) is 4.98. The zero-order chi connectivity index (χ0) is 15.1. The lowest BCUT2D eigenvalue weighted by molar-refractivity contribution is -0.122. The maximum Gasteiger partial charge on any atom is 0.257 e. The molecule has 1 aromatic carbocycles. The quantitative estimate of drug-likeness (QED) is 0.753. The maximum absolute atomic E-state index is 12.0. The number of benzene rings is 1. The first-order valence-corrected chi connectivity index (χ1v) is 7.17. The summed E-state index contributed by atoms with van der Waals surface area (Å²) in [7, 11) is 1.56. The lowest BCUT2D eigenvalue weighted by Crippen LogP contribution is -2.43. The second-order valence-electron chi connectivity index (χ2n) is 4.98. The minimum Gasteiger partial charge on any atom is -0.484 e. The molecule has 0 aliphatic carbocycles. The fraction of sp³-hybridized carbons (Fsp3) is 0.467. The van der Waals surface area contributed by atoms with Gasteiger partial charge in [-0.05, 0) is 43.7 Å². The Balaban J connectivity index is 1.84. The number of amides is 2. The molecule has 1 atom stereocenters. The first kappa shape index (κ1) is 15.3. The number of rotatable bonds is 5. The standard InChI is InChI=1S/C15H21N3O3/c1-16-14(19)10-21-12-7-5-11(6-8-12)18-15(20)13-4-2-3-9-17-13/h5-8,13,17H,2-4,9-10H2,1H3,(H,16,19)(H,18,20). The molecule has 1 aliphatic heterocycles. The number of carbonyl (C=O) groups is 2. The van der Waals surface area contributed by atoms with E-state index >= 15 is 0 Å². The molecule has 21 heavy (non-hydrogen) atoms. The van der Waals surface area contributed by atoms with E-state index in [0.717, 1.165) is 31.5 Å². The molecule has 0 aromatic heterocycles. The van der Waals surface area contributed by atoms with Gasteiger partial charge in [-0.3, -0.25) is 9.59 Å². The highest BCUT2D eigenvalue weighted by Gasteiger charge is 2.20. The summed E-state index contributed by atoms with van der Waals surface area (Å²) >= 11 is 0. The average molecular weight is 291 g/mol. The van der Waals surface area contributed by atoms with E-state index in [1.54, 1.807) is 31.3 Å². The molecule has 6 heteroatoms. The largest absolute Gasteiger partial charge is 0.484 e. The number of nitrogens with one attached hydrogen (secondary N) is 3. The van der Waals surface area contributed by atoms with Crippen LogP contribution in [0.3, 0.4) is 0 Å². The van der Waals surface area contributed by atoms with Crippen molar-refractivity contribution in [3.8, 4) is 5.75 Å². The normalized spacial score (nSPS) is 17.9. The molecule has 2 amide bonds. The van der Waals surface area contributed by atoms with Crippen molar-refractivity contribution in [3.63, 3.8) is 0 Å². The predicted molar refractivity (Wildman–Crippen MR) is 80.3 cm³/mol. The Morgan fingerprint density at radius 2 is 2.05 bits per heavy atom. The van der Waals surface area contributed by atoms with Crippen LogP contribution in [0.1, 0.15) is 19.3 Å². The number of ether oxygens (including phenoxy) is 1. The van der Waals surface area contributed by atoms with Gasteiger partial charge in [0.05, 0.1) is 6.04 Å². The lowest BCUT2D eigenvalue weighted by Gasteiger charge is -2.22. The molecule has 0 bridgehead atoms. The highest BCUT2D eigenvalue weighted by molar-refractivity contribution is 5.94. The number of hydrogen-bond donors (Lipinski definition) is 3. The van der Waals surface area contributed by atoms with Gasteiger partial charge in [-0.25, -0.2) is 0 Å². The highest BCUT2D eigenvalue weighted by Crippen LogP contribution is 2.16. The molecule has 1 heterocycles. The third-order valence-corrected chi connectivity index (χ3v) is 3.40.